The molecule has 0 aromatic heterocycles. The van der Waals surface area contributed by atoms with Gasteiger partial charge in [-0.2, -0.15) is 0 Å². The van der Waals surface area contributed by atoms with Gasteiger partial charge in [0.25, 0.3) is 0 Å². The highest BCUT2D eigenvalue weighted by molar-refractivity contribution is 5.81. The van der Waals surface area contributed by atoms with Crippen LogP contribution in [0.4, 0.5) is 5.69 Å². The Morgan fingerprint density at radius 1 is 1.35 bits per heavy atom. The third kappa shape index (κ3) is 4.69. The van der Waals surface area contributed by atoms with Crippen LogP contribution in [0.25, 0.3) is 0 Å². The maximum Gasteiger partial charge on any atom is 0.237 e. The molecule has 5 nitrogen and oxygen atoms in total. The van der Waals surface area contributed by atoms with Gasteiger partial charge in [-0.25, -0.2) is 0 Å². The lowest BCUT2D eigenvalue weighted by atomic mass is 9.97. The minimum absolute atomic E-state index is 0.0296. The fourth-order valence-electron chi connectivity index (χ4n) is 3.69. The first-order valence-corrected chi connectivity index (χ1v) is 8.78. The number of rotatable bonds is 5. The predicted molar refractivity (Wildman–Crippen MR) is 92.9 cm³/mol. The topological polar surface area (TPSA) is 70.4 Å². The van der Waals surface area contributed by atoms with E-state index in [-0.39, 0.29) is 11.9 Å². The summed E-state index contributed by atoms with van der Waals surface area (Å²) in [5.74, 6) is 0.727. The molecule has 2 atom stereocenters. The van der Waals surface area contributed by atoms with Crippen molar-refractivity contribution in [1.82, 2.24) is 15.5 Å². The number of hydrogen-bond acceptors (Lipinski definition) is 4. The number of benzene rings is 1. The van der Waals surface area contributed by atoms with Crippen LogP contribution in [0.15, 0.2) is 24.3 Å². The predicted octanol–water partition coefficient (Wildman–Crippen LogP) is 1.35. The molecule has 126 valence electrons. The van der Waals surface area contributed by atoms with Gasteiger partial charge in [0.1, 0.15) is 0 Å². The van der Waals surface area contributed by atoms with Crippen molar-refractivity contribution in [2.75, 3.05) is 31.9 Å². The molecular formula is C18H28N4O. The monoisotopic (exact) mass is 316 g/mol. The Morgan fingerprint density at radius 2 is 2.26 bits per heavy atom. The second-order valence-corrected chi connectivity index (χ2v) is 6.88. The lowest BCUT2D eigenvalue weighted by molar-refractivity contribution is -0.123. The van der Waals surface area contributed by atoms with Crippen LogP contribution >= 0.6 is 0 Å². The van der Waals surface area contributed by atoms with E-state index in [4.69, 9.17) is 5.73 Å². The van der Waals surface area contributed by atoms with Crippen molar-refractivity contribution >= 4 is 11.6 Å². The Labute approximate surface area is 138 Å². The molecule has 1 aromatic rings. The smallest absolute Gasteiger partial charge is 0.237 e. The number of likely N-dealkylation sites (tertiary alicyclic amines) is 1. The first-order chi connectivity index (χ1) is 11.2. The molecule has 1 amide bonds. The summed E-state index contributed by atoms with van der Waals surface area (Å²) in [5, 5.41) is 6.40. The van der Waals surface area contributed by atoms with Crippen LogP contribution < -0.4 is 16.4 Å². The van der Waals surface area contributed by atoms with E-state index in [2.05, 4.69) is 27.7 Å². The minimum Gasteiger partial charge on any atom is -0.399 e. The normalized spacial score (nSPS) is 25.4. The lowest BCUT2D eigenvalue weighted by Gasteiger charge is -2.33. The summed E-state index contributed by atoms with van der Waals surface area (Å²) in [4.78, 5) is 14.6. The van der Waals surface area contributed by atoms with Gasteiger partial charge in [-0.1, -0.05) is 12.1 Å². The standard InChI is InChI=1S/C18H28N4O/c19-16-6-1-4-14(10-16)12-22-9-3-5-15(13-22)11-21-18(23)17-7-2-8-20-17/h1,4,6,10,15,17,20H,2-3,5,7-9,11-13,19H2,(H,21,23). The number of carbonyl (C=O) groups is 1. The molecule has 0 radical (unpaired) electrons. The molecule has 1 aromatic carbocycles. The van der Waals surface area contributed by atoms with Gasteiger partial charge in [-0.05, 0) is 62.4 Å². The van der Waals surface area contributed by atoms with Crippen molar-refractivity contribution in [3.05, 3.63) is 29.8 Å². The largest absolute Gasteiger partial charge is 0.399 e. The zero-order chi connectivity index (χ0) is 16.1. The van der Waals surface area contributed by atoms with E-state index < -0.39 is 0 Å². The van der Waals surface area contributed by atoms with Gasteiger partial charge in [0, 0.05) is 25.3 Å². The molecule has 2 aliphatic rings. The van der Waals surface area contributed by atoms with Crippen LogP contribution in [-0.2, 0) is 11.3 Å². The maximum atomic E-state index is 12.1. The van der Waals surface area contributed by atoms with E-state index in [1.165, 1.54) is 18.4 Å². The second-order valence-electron chi connectivity index (χ2n) is 6.88. The van der Waals surface area contributed by atoms with Gasteiger partial charge in [0.2, 0.25) is 5.91 Å². The van der Waals surface area contributed by atoms with Gasteiger partial charge in [0.15, 0.2) is 0 Å². The summed E-state index contributed by atoms with van der Waals surface area (Å²) in [6, 6.07) is 8.16. The van der Waals surface area contributed by atoms with Crippen LogP contribution in [0.5, 0.6) is 0 Å². The van der Waals surface area contributed by atoms with Crippen LogP contribution in [0.3, 0.4) is 0 Å². The first kappa shape index (κ1) is 16.3. The molecule has 2 fully saturated rings. The van der Waals surface area contributed by atoms with Gasteiger partial charge < -0.3 is 16.4 Å². The van der Waals surface area contributed by atoms with E-state index in [1.54, 1.807) is 0 Å². The average molecular weight is 316 g/mol. The van der Waals surface area contributed by atoms with Gasteiger partial charge in [-0.3, -0.25) is 9.69 Å². The van der Waals surface area contributed by atoms with E-state index in [0.717, 1.165) is 51.3 Å². The van der Waals surface area contributed by atoms with Crippen LogP contribution in [0, 0.1) is 5.92 Å². The molecular weight excluding hydrogens is 288 g/mol. The highest BCUT2D eigenvalue weighted by Crippen LogP contribution is 2.19. The molecule has 23 heavy (non-hydrogen) atoms. The van der Waals surface area contributed by atoms with Crippen molar-refractivity contribution in [3.63, 3.8) is 0 Å². The molecule has 4 N–H and O–H groups in total. The third-order valence-corrected chi connectivity index (χ3v) is 4.90. The average Bonchev–Trinajstić information content (AvgIpc) is 3.07. The zero-order valence-corrected chi connectivity index (χ0v) is 13.8. The van der Waals surface area contributed by atoms with Crippen molar-refractivity contribution < 1.29 is 4.79 Å². The highest BCUT2D eigenvalue weighted by Gasteiger charge is 2.24. The van der Waals surface area contributed by atoms with Gasteiger partial charge >= 0.3 is 0 Å². The summed E-state index contributed by atoms with van der Waals surface area (Å²) in [7, 11) is 0. The van der Waals surface area contributed by atoms with E-state index in [1.807, 2.05) is 12.1 Å². The minimum atomic E-state index is 0.0296. The number of anilines is 1. The number of nitrogens with zero attached hydrogens (tertiary/aromatic N) is 1. The summed E-state index contributed by atoms with van der Waals surface area (Å²) in [5.41, 5.74) is 7.95. The molecule has 3 rings (SSSR count). The Balaban J connectivity index is 1.45. The Hall–Kier alpha value is -1.59. The van der Waals surface area contributed by atoms with Crippen LogP contribution in [0.1, 0.15) is 31.2 Å². The molecule has 2 unspecified atom stereocenters. The summed E-state index contributed by atoms with van der Waals surface area (Å²) in [6.45, 7) is 4.89. The fraction of sp³-hybridized carbons (Fsp3) is 0.611. The third-order valence-electron chi connectivity index (χ3n) is 4.90. The van der Waals surface area contributed by atoms with Crippen LogP contribution in [0.2, 0.25) is 0 Å². The Kier molecular flexibility index (Phi) is 5.51. The summed E-state index contributed by atoms with van der Waals surface area (Å²) < 4.78 is 0. The number of nitrogen functional groups attached to an aromatic ring is 1. The molecule has 2 saturated heterocycles. The first-order valence-electron chi connectivity index (χ1n) is 8.78. The summed E-state index contributed by atoms with van der Waals surface area (Å²) >= 11 is 0. The molecule has 2 aliphatic heterocycles. The number of carbonyl (C=O) groups excluding carboxylic acids is 1. The molecule has 0 aliphatic carbocycles. The fourth-order valence-corrected chi connectivity index (χ4v) is 3.69. The second kappa shape index (κ2) is 7.79. The molecule has 0 spiro atoms. The van der Waals surface area contributed by atoms with Crippen molar-refractivity contribution in [1.29, 1.82) is 0 Å². The Bertz CT molecular complexity index is 528. The molecule has 0 bridgehead atoms. The number of amides is 1. The van der Waals surface area contributed by atoms with E-state index in [9.17, 15) is 4.79 Å². The van der Waals surface area contributed by atoms with Gasteiger partial charge in [0.05, 0.1) is 6.04 Å². The number of hydrogen-bond donors (Lipinski definition) is 3. The molecule has 0 saturated carbocycles. The highest BCUT2D eigenvalue weighted by atomic mass is 16.2. The summed E-state index contributed by atoms with van der Waals surface area (Å²) in [6.07, 6.45) is 4.48. The lowest BCUT2D eigenvalue weighted by Crippen LogP contribution is -2.45. The maximum absolute atomic E-state index is 12.1. The molecule has 2 heterocycles. The number of piperidine rings is 1. The quantitative estimate of drug-likeness (QED) is 0.717. The molecule has 5 heteroatoms. The number of nitrogens with two attached hydrogens (primary N) is 1. The van der Waals surface area contributed by atoms with E-state index >= 15 is 0 Å². The van der Waals surface area contributed by atoms with Gasteiger partial charge in [-0.15, -0.1) is 0 Å². The van der Waals surface area contributed by atoms with Crippen molar-refractivity contribution in [2.24, 2.45) is 5.92 Å². The van der Waals surface area contributed by atoms with Crippen molar-refractivity contribution in [2.45, 2.75) is 38.3 Å². The van der Waals surface area contributed by atoms with Crippen molar-refractivity contribution in [3.8, 4) is 0 Å². The van der Waals surface area contributed by atoms with E-state index in [0.29, 0.717) is 5.92 Å². The number of nitrogens with one attached hydrogen (secondary N) is 2. The zero-order valence-electron chi connectivity index (χ0n) is 13.8. The van der Waals surface area contributed by atoms with Crippen LogP contribution in [-0.4, -0.2) is 43.0 Å². The Morgan fingerprint density at radius 3 is 3.04 bits per heavy atom. The SMILES string of the molecule is Nc1cccc(CN2CCCC(CNC(=O)C3CCCN3)C2)c1.